The van der Waals surface area contributed by atoms with Crippen LogP contribution in [0.3, 0.4) is 0 Å². The van der Waals surface area contributed by atoms with E-state index in [0.29, 0.717) is 23.1 Å². The summed E-state index contributed by atoms with van der Waals surface area (Å²) in [6, 6.07) is 5.36. The van der Waals surface area contributed by atoms with Crippen LogP contribution in [-0.4, -0.2) is 31.4 Å². The SMILES string of the molecule is Cl.OC[C@@]1(c2ccc(Cl)c(Cl)c2)CCNCCO1. The van der Waals surface area contributed by atoms with Gasteiger partial charge in [-0.1, -0.05) is 29.3 Å². The molecule has 0 spiro atoms. The fraction of sp³-hybridized carbons (Fsp3) is 0.500. The molecule has 2 rings (SSSR count). The summed E-state index contributed by atoms with van der Waals surface area (Å²) in [7, 11) is 0. The Balaban J connectivity index is 0.00000162. The van der Waals surface area contributed by atoms with Gasteiger partial charge in [-0.15, -0.1) is 12.4 Å². The average molecular weight is 313 g/mol. The quantitative estimate of drug-likeness (QED) is 0.882. The molecule has 0 amide bonds. The van der Waals surface area contributed by atoms with Gasteiger partial charge in [0.05, 0.1) is 23.3 Å². The van der Waals surface area contributed by atoms with Gasteiger partial charge in [0.2, 0.25) is 0 Å². The first-order chi connectivity index (χ1) is 8.18. The van der Waals surface area contributed by atoms with E-state index in [2.05, 4.69) is 5.32 Å². The molecule has 1 fully saturated rings. The Hall–Kier alpha value is -0.0300. The molecule has 102 valence electrons. The van der Waals surface area contributed by atoms with Crippen molar-refractivity contribution in [3.05, 3.63) is 33.8 Å². The van der Waals surface area contributed by atoms with Gasteiger partial charge in [-0.3, -0.25) is 0 Å². The highest BCUT2D eigenvalue weighted by Gasteiger charge is 2.33. The van der Waals surface area contributed by atoms with Crippen LogP contribution in [0.1, 0.15) is 12.0 Å². The molecule has 1 aromatic rings. The van der Waals surface area contributed by atoms with Crippen molar-refractivity contribution in [1.82, 2.24) is 5.32 Å². The highest BCUT2D eigenvalue weighted by Crippen LogP contribution is 2.34. The number of hydrogen-bond donors (Lipinski definition) is 2. The third-order valence-electron chi connectivity index (χ3n) is 3.06. The van der Waals surface area contributed by atoms with Gasteiger partial charge in [0.15, 0.2) is 0 Å². The van der Waals surface area contributed by atoms with Crippen molar-refractivity contribution in [2.24, 2.45) is 0 Å². The molecule has 2 N–H and O–H groups in total. The minimum atomic E-state index is -0.669. The predicted molar refractivity (Wildman–Crippen MR) is 75.9 cm³/mol. The molecule has 3 nitrogen and oxygen atoms in total. The summed E-state index contributed by atoms with van der Waals surface area (Å²) in [5, 5.41) is 13.9. The van der Waals surface area contributed by atoms with Crippen LogP contribution < -0.4 is 5.32 Å². The third-order valence-corrected chi connectivity index (χ3v) is 3.80. The molecule has 1 aliphatic heterocycles. The van der Waals surface area contributed by atoms with Crippen molar-refractivity contribution in [3.8, 4) is 0 Å². The van der Waals surface area contributed by atoms with Crippen molar-refractivity contribution in [2.75, 3.05) is 26.3 Å². The smallest absolute Gasteiger partial charge is 0.117 e. The molecule has 18 heavy (non-hydrogen) atoms. The van der Waals surface area contributed by atoms with Gasteiger partial charge >= 0.3 is 0 Å². The zero-order chi connectivity index (χ0) is 12.3. The first-order valence-electron chi connectivity index (χ1n) is 5.59. The lowest BCUT2D eigenvalue weighted by atomic mass is 9.91. The maximum Gasteiger partial charge on any atom is 0.117 e. The topological polar surface area (TPSA) is 41.5 Å². The van der Waals surface area contributed by atoms with Gasteiger partial charge in [0, 0.05) is 6.54 Å². The fourth-order valence-electron chi connectivity index (χ4n) is 2.03. The molecule has 0 aliphatic carbocycles. The molecule has 1 heterocycles. The Morgan fingerprint density at radius 2 is 2.06 bits per heavy atom. The zero-order valence-corrected chi connectivity index (χ0v) is 12.1. The Labute approximate surface area is 123 Å². The van der Waals surface area contributed by atoms with Crippen LogP contribution in [0.5, 0.6) is 0 Å². The lowest BCUT2D eigenvalue weighted by molar-refractivity contribution is -0.0790. The fourth-order valence-corrected chi connectivity index (χ4v) is 2.33. The molecule has 0 unspecified atom stereocenters. The summed E-state index contributed by atoms with van der Waals surface area (Å²) in [4.78, 5) is 0. The first-order valence-corrected chi connectivity index (χ1v) is 6.35. The Bertz CT molecular complexity index is 393. The third kappa shape index (κ3) is 3.29. The lowest BCUT2D eigenvalue weighted by Crippen LogP contribution is -2.34. The maximum atomic E-state index is 9.65. The number of benzene rings is 1. The Kier molecular flexibility index (Phi) is 6.18. The number of aliphatic hydroxyl groups is 1. The van der Waals surface area contributed by atoms with Crippen LogP contribution in [0.4, 0.5) is 0 Å². The Morgan fingerprint density at radius 3 is 2.72 bits per heavy atom. The van der Waals surface area contributed by atoms with Gasteiger partial charge in [0.1, 0.15) is 5.60 Å². The van der Waals surface area contributed by atoms with E-state index in [0.717, 1.165) is 18.7 Å². The highest BCUT2D eigenvalue weighted by molar-refractivity contribution is 6.42. The van der Waals surface area contributed by atoms with E-state index in [9.17, 15) is 5.11 Å². The van der Waals surface area contributed by atoms with Gasteiger partial charge in [-0.2, -0.15) is 0 Å². The van der Waals surface area contributed by atoms with E-state index in [-0.39, 0.29) is 19.0 Å². The summed E-state index contributed by atoms with van der Waals surface area (Å²) in [6.45, 7) is 2.11. The molecule has 1 aromatic carbocycles. The van der Waals surface area contributed by atoms with E-state index >= 15 is 0 Å². The predicted octanol–water partition coefficient (Wildman–Crippen LogP) is 2.61. The van der Waals surface area contributed by atoms with E-state index in [1.807, 2.05) is 6.07 Å². The second-order valence-electron chi connectivity index (χ2n) is 4.13. The lowest BCUT2D eigenvalue weighted by Gasteiger charge is -2.31. The van der Waals surface area contributed by atoms with Crippen LogP contribution in [0.25, 0.3) is 0 Å². The van der Waals surface area contributed by atoms with E-state index in [4.69, 9.17) is 27.9 Å². The minimum absolute atomic E-state index is 0. The number of hydrogen-bond acceptors (Lipinski definition) is 3. The number of halogens is 3. The van der Waals surface area contributed by atoms with Crippen LogP contribution >= 0.6 is 35.6 Å². The van der Waals surface area contributed by atoms with Crippen LogP contribution in [-0.2, 0) is 10.3 Å². The standard InChI is InChI=1S/C12H15Cl2NO2.ClH/c13-10-2-1-9(7-11(10)14)12(8-16)3-4-15-5-6-17-12;/h1-2,7,15-16H,3-6,8H2;1H/t12-;/m1./s1. The van der Waals surface area contributed by atoms with Crippen molar-refractivity contribution in [3.63, 3.8) is 0 Å². The highest BCUT2D eigenvalue weighted by atomic mass is 35.5. The second-order valence-corrected chi connectivity index (χ2v) is 4.94. The number of nitrogens with one attached hydrogen (secondary N) is 1. The van der Waals surface area contributed by atoms with E-state index in [1.54, 1.807) is 12.1 Å². The summed E-state index contributed by atoms with van der Waals surface area (Å²) in [5.74, 6) is 0. The number of rotatable bonds is 2. The largest absolute Gasteiger partial charge is 0.393 e. The van der Waals surface area contributed by atoms with Gasteiger partial charge in [0.25, 0.3) is 0 Å². The molecule has 1 atom stereocenters. The van der Waals surface area contributed by atoms with Crippen molar-refractivity contribution in [2.45, 2.75) is 12.0 Å². The van der Waals surface area contributed by atoms with E-state index in [1.165, 1.54) is 0 Å². The van der Waals surface area contributed by atoms with Crippen LogP contribution in [0.15, 0.2) is 18.2 Å². The summed E-state index contributed by atoms with van der Waals surface area (Å²) >= 11 is 11.9. The monoisotopic (exact) mass is 311 g/mol. The zero-order valence-electron chi connectivity index (χ0n) is 9.79. The molecular formula is C12H16Cl3NO2. The van der Waals surface area contributed by atoms with Gasteiger partial charge in [-0.05, 0) is 30.7 Å². The summed E-state index contributed by atoms with van der Waals surface area (Å²) in [6.07, 6.45) is 0.710. The van der Waals surface area contributed by atoms with E-state index < -0.39 is 5.60 Å². The van der Waals surface area contributed by atoms with Crippen molar-refractivity contribution < 1.29 is 9.84 Å². The Morgan fingerprint density at radius 1 is 1.28 bits per heavy atom. The second kappa shape index (κ2) is 6.94. The molecule has 0 radical (unpaired) electrons. The number of aliphatic hydroxyl groups excluding tert-OH is 1. The number of ether oxygens (including phenoxy) is 1. The molecule has 1 saturated heterocycles. The molecule has 0 bridgehead atoms. The summed E-state index contributed by atoms with van der Waals surface area (Å²) < 4.78 is 5.81. The summed E-state index contributed by atoms with van der Waals surface area (Å²) in [5.41, 5.74) is 0.204. The molecule has 0 saturated carbocycles. The van der Waals surface area contributed by atoms with Crippen LogP contribution in [0, 0.1) is 0 Å². The molecular weight excluding hydrogens is 296 g/mol. The average Bonchev–Trinajstić information content (AvgIpc) is 2.59. The normalized spacial score (nSPS) is 24.2. The van der Waals surface area contributed by atoms with Crippen molar-refractivity contribution in [1.29, 1.82) is 0 Å². The van der Waals surface area contributed by atoms with Crippen LogP contribution in [0.2, 0.25) is 10.0 Å². The maximum absolute atomic E-state index is 9.65. The van der Waals surface area contributed by atoms with Gasteiger partial charge in [-0.25, -0.2) is 0 Å². The minimum Gasteiger partial charge on any atom is -0.393 e. The molecule has 1 aliphatic rings. The van der Waals surface area contributed by atoms with Gasteiger partial charge < -0.3 is 15.2 Å². The molecule has 0 aromatic heterocycles. The first kappa shape index (κ1) is 16.0. The van der Waals surface area contributed by atoms with Crippen molar-refractivity contribution >= 4 is 35.6 Å². The molecule has 6 heteroatoms.